The normalized spacial score (nSPS) is 16.4. The third kappa shape index (κ3) is 6.03. The molecule has 2 heterocycles. The summed E-state index contributed by atoms with van der Waals surface area (Å²) in [6, 6.07) is 17.0. The predicted octanol–water partition coefficient (Wildman–Crippen LogP) is 3.53. The number of H-pyrrole nitrogens is 1. The number of hydrogen-bond donors (Lipinski definition) is 2. The highest BCUT2D eigenvalue weighted by Gasteiger charge is 2.32. The van der Waals surface area contributed by atoms with Gasteiger partial charge in [0.1, 0.15) is 0 Å². The van der Waals surface area contributed by atoms with Crippen molar-refractivity contribution < 1.29 is 14.6 Å². The molecule has 2 atom stereocenters. The van der Waals surface area contributed by atoms with Gasteiger partial charge in [0.2, 0.25) is 0 Å². The van der Waals surface area contributed by atoms with Crippen molar-refractivity contribution in [3.8, 4) is 11.1 Å². The van der Waals surface area contributed by atoms with Crippen LogP contribution in [0.2, 0.25) is 0 Å². The number of carboxylic acid groups (broad SMARTS) is 1. The molecule has 0 aliphatic carbocycles. The van der Waals surface area contributed by atoms with E-state index in [9.17, 15) is 9.90 Å². The van der Waals surface area contributed by atoms with Gasteiger partial charge in [-0.25, -0.2) is 0 Å². The van der Waals surface area contributed by atoms with Gasteiger partial charge in [-0.1, -0.05) is 61.0 Å². The Kier molecular flexibility index (Phi) is 7.80. The summed E-state index contributed by atoms with van der Waals surface area (Å²) in [5, 5.41) is 24.1. The van der Waals surface area contributed by atoms with Gasteiger partial charge in [0, 0.05) is 25.6 Å². The maximum absolute atomic E-state index is 11.9. The lowest BCUT2D eigenvalue weighted by Crippen LogP contribution is -2.35. The zero-order valence-electron chi connectivity index (χ0n) is 19.0. The van der Waals surface area contributed by atoms with E-state index in [0.29, 0.717) is 18.7 Å². The first-order valence-electron chi connectivity index (χ1n) is 11.6. The molecule has 2 N–H and O–H groups in total. The lowest BCUT2D eigenvalue weighted by Gasteiger charge is -2.26. The van der Waals surface area contributed by atoms with Gasteiger partial charge in [-0.05, 0) is 41.2 Å². The van der Waals surface area contributed by atoms with Gasteiger partial charge in [0.15, 0.2) is 5.82 Å². The highest BCUT2D eigenvalue weighted by Crippen LogP contribution is 2.31. The third-order valence-corrected chi connectivity index (χ3v) is 6.28. The van der Waals surface area contributed by atoms with Crippen LogP contribution in [0.15, 0.2) is 48.5 Å². The molecule has 1 aromatic heterocycles. The number of hydrogen-bond acceptors (Lipinski definition) is 6. The zero-order chi connectivity index (χ0) is 23.0. The molecule has 0 bridgehead atoms. The van der Waals surface area contributed by atoms with Crippen LogP contribution in [0.5, 0.6) is 0 Å². The summed E-state index contributed by atoms with van der Waals surface area (Å²) in [6.07, 6.45) is 1.90. The number of carbonyl (C=O) groups is 1. The molecule has 3 aromatic rings. The maximum atomic E-state index is 11.9. The minimum absolute atomic E-state index is 0.330. The molecule has 0 unspecified atom stereocenters. The Morgan fingerprint density at radius 2 is 1.91 bits per heavy atom. The van der Waals surface area contributed by atoms with Crippen LogP contribution in [0.25, 0.3) is 11.1 Å². The van der Waals surface area contributed by atoms with Crippen LogP contribution in [0.1, 0.15) is 42.6 Å². The van der Waals surface area contributed by atoms with Gasteiger partial charge < -0.3 is 9.84 Å². The molecule has 0 radical (unpaired) electrons. The highest BCUT2D eigenvalue weighted by atomic mass is 16.5. The van der Waals surface area contributed by atoms with Gasteiger partial charge in [0.25, 0.3) is 0 Å². The quantitative estimate of drug-likeness (QED) is 0.488. The molecular formula is C25H31N5O3. The largest absolute Gasteiger partial charge is 0.481 e. The van der Waals surface area contributed by atoms with E-state index in [0.717, 1.165) is 50.4 Å². The second-order valence-corrected chi connectivity index (χ2v) is 8.60. The number of rotatable bonds is 10. The van der Waals surface area contributed by atoms with Crippen LogP contribution in [-0.4, -0.2) is 62.9 Å². The van der Waals surface area contributed by atoms with Crippen LogP contribution in [0.4, 0.5) is 0 Å². The van der Waals surface area contributed by atoms with Gasteiger partial charge in [-0.3, -0.25) is 9.69 Å². The van der Waals surface area contributed by atoms with Crippen LogP contribution >= 0.6 is 0 Å². The van der Waals surface area contributed by atoms with Crippen molar-refractivity contribution in [3.05, 3.63) is 65.5 Å². The van der Waals surface area contributed by atoms with E-state index in [1.54, 1.807) is 0 Å². The second-order valence-electron chi connectivity index (χ2n) is 8.60. The van der Waals surface area contributed by atoms with E-state index in [2.05, 4.69) is 74.1 Å². The van der Waals surface area contributed by atoms with Gasteiger partial charge in [-0.15, -0.1) is 10.2 Å². The molecule has 0 spiro atoms. The van der Waals surface area contributed by atoms with Crippen LogP contribution < -0.4 is 0 Å². The first-order valence-corrected chi connectivity index (χ1v) is 11.6. The summed E-state index contributed by atoms with van der Waals surface area (Å²) >= 11 is 0. The molecular weight excluding hydrogens is 418 g/mol. The molecule has 8 heteroatoms. The van der Waals surface area contributed by atoms with Crippen LogP contribution in [-0.2, 0) is 22.5 Å². The number of nitrogens with one attached hydrogen (secondary N) is 1. The molecule has 0 saturated carbocycles. The van der Waals surface area contributed by atoms with Gasteiger partial charge in [0.05, 0.1) is 19.1 Å². The van der Waals surface area contributed by atoms with Crippen molar-refractivity contribution in [1.82, 2.24) is 25.5 Å². The highest BCUT2D eigenvalue weighted by molar-refractivity contribution is 5.71. The standard InChI is InChI=1S/C25H31N5O3/c1-2-4-22(25(31)32)23(24-26-28-29-27-24)16-18-7-9-20(10-8-18)21-6-3-5-19(15-21)17-30-11-13-33-14-12-30/h3,5-10,15,22-23H,2,4,11-14,16-17H2,1H3,(H,31,32)(H,26,27,28,29)/t22-,23-/m0/s1. The summed E-state index contributed by atoms with van der Waals surface area (Å²) < 4.78 is 5.45. The minimum atomic E-state index is -0.819. The number of benzene rings is 2. The van der Waals surface area contributed by atoms with Crippen LogP contribution in [0, 0.1) is 5.92 Å². The van der Waals surface area contributed by atoms with Gasteiger partial charge in [-0.2, -0.15) is 5.21 Å². The van der Waals surface area contributed by atoms with Crippen molar-refractivity contribution in [3.63, 3.8) is 0 Å². The average Bonchev–Trinajstić information content (AvgIpc) is 3.37. The number of nitrogens with zero attached hydrogens (tertiary/aromatic N) is 4. The van der Waals surface area contributed by atoms with Crippen molar-refractivity contribution in [1.29, 1.82) is 0 Å². The Balaban J connectivity index is 1.49. The summed E-state index contributed by atoms with van der Waals surface area (Å²) in [7, 11) is 0. The maximum Gasteiger partial charge on any atom is 0.307 e. The Labute approximate surface area is 194 Å². The third-order valence-electron chi connectivity index (χ3n) is 6.28. The molecule has 4 rings (SSSR count). The summed E-state index contributed by atoms with van der Waals surface area (Å²) in [6.45, 7) is 6.45. The number of aromatic amines is 1. The Morgan fingerprint density at radius 1 is 1.12 bits per heavy atom. The van der Waals surface area contributed by atoms with Crippen molar-refractivity contribution in [2.75, 3.05) is 26.3 Å². The Hall–Kier alpha value is -3.10. The first-order chi connectivity index (χ1) is 16.1. The first kappa shape index (κ1) is 23.1. The van der Waals surface area contributed by atoms with E-state index in [1.807, 2.05) is 6.92 Å². The van der Waals surface area contributed by atoms with E-state index >= 15 is 0 Å². The second kappa shape index (κ2) is 11.2. The number of morpholine rings is 1. The van der Waals surface area contributed by atoms with E-state index < -0.39 is 11.9 Å². The Morgan fingerprint density at radius 3 is 2.58 bits per heavy atom. The number of aromatic nitrogens is 4. The van der Waals surface area contributed by atoms with Gasteiger partial charge >= 0.3 is 5.97 Å². The lowest BCUT2D eigenvalue weighted by molar-refractivity contribution is -0.142. The fraction of sp³-hybridized carbons (Fsp3) is 0.440. The zero-order valence-corrected chi connectivity index (χ0v) is 19.0. The van der Waals surface area contributed by atoms with E-state index in [4.69, 9.17) is 4.74 Å². The predicted molar refractivity (Wildman–Crippen MR) is 125 cm³/mol. The molecule has 33 heavy (non-hydrogen) atoms. The monoisotopic (exact) mass is 449 g/mol. The van der Waals surface area contributed by atoms with Crippen molar-refractivity contribution in [2.24, 2.45) is 5.92 Å². The number of tetrazole rings is 1. The SMILES string of the molecule is CCC[C@H](C(=O)O)[C@H](Cc1ccc(-c2cccc(CN3CCOCC3)c2)cc1)c1nn[nH]n1. The summed E-state index contributed by atoms with van der Waals surface area (Å²) in [4.78, 5) is 14.3. The number of aliphatic carboxylic acids is 1. The fourth-order valence-corrected chi connectivity index (χ4v) is 4.50. The van der Waals surface area contributed by atoms with E-state index in [-0.39, 0.29) is 5.92 Å². The molecule has 8 nitrogen and oxygen atoms in total. The van der Waals surface area contributed by atoms with Crippen molar-refractivity contribution in [2.45, 2.75) is 38.6 Å². The smallest absolute Gasteiger partial charge is 0.307 e. The minimum Gasteiger partial charge on any atom is -0.481 e. The topological polar surface area (TPSA) is 104 Å². The molecule has 0 amide bonds. The average molecular weight is 450 g/mol. The molecule has 1 aliphatic rings. The van der Waals surface area contributed by atoms with Crippen LogP contribution in [0.3, 0.4) is 0 Å². The van der Waals surface area contributed by atoms with E-state index in [1.165, 1.54) is 11.1 Å². The fourth-order valence-electron chi connectivity index (χ4n) is 4.50. The molecule has 1 fully saturated rings. The molecule has 1 aliphatic heterocycles. The summed E-state index contributed by atoms with van der Waals surface area (Å²) in [5.41, 5.74) is 4.67. The molecule has 2 aromatic carbocycles. The Bertz CT molecular complexity index is 1020. The molecule has 1 saturated heterocycles. The van der Waals surface area contributed by atoms with Crippen molar-refractivity contribution >= 4 is 5.97 Å². The lowest BCUT2D eigenvalue weighted by atomic mass is 9.83. The number of ether oxygens (including phenoxy) is 1. The molecule has 174 valence electrons. The number of carboxylic acids is 1. The summed E-state index contributed by atoms with van der Waals surface area (Å²) in [5.74, 6) is -1.25.